The van der Waals surface area contributed by atoms with Gasteiger partial charge in [0.05, 0.1) is 0 Å². The first-order chi connectivity index (χ1) is 11.9. The molecule has 1 amide bonds. The van der Waals surface area contributed by atoms with Gasteiger partial charge in [0.2, 0.25) is 5.91 Å². The van der Waals surface area contributed by atoms with E-state index in [4.69, 9.17) is 0 Å². The summed E-state index contributed by atoms with van der Waals surface area (Å²) < 4.78 is 13.2. The molecule has 2 aromatic carbocycles. The van der Waals surface area contributed by atoms with Crippen molar-refractivity contribution in [3.8, 4) is 0 Å². The highest BCUT2D eigenvalue weighted by Gasteiger charge is 2.21. The second-order valence-electron chi connectivity index (χ2n) is 6.29. The fourth-order valence-electron chi connectivity index (χ4n) is 2.76. The van der Waals surface area contributed by atoms with Gasteiger partial charge in [-0.3, -0.25) is 4.79 Å². The predicted molar refractivity (Wildman–Crippen MR) is 93.6 cm³/mol. The number of halogens is 1. The van der Waals surface area contributed by atoms with Crippen molar-refractivity contribution in [1.29, 1.82) is 0 Å². The van der Waals surface area contributed by atoms with Crippen molar-refractivity contribution in [2.24, 2.45) is 5.92 Å². The summed E-state index contributed by atoms with van der Waals surface area (Å²) in [5, 5.41) is 11.9. The number of rotatable bonds is 8. The molecular formula is C20H22FNO3. The molecule has 2 N–H and O–H groups in total. The van der Waals surface area contributed by atoms with E-state index in [0.29, 0.717) is 6.42 Å². The summed E-state index contributed by atoms with van der Waals surface area (Å²) in [5.41, 5.74) is 1.67. The van der Waals surface area contributed by atoms with Gasteiger partial charge in [0, 0.05) is 12.8 Å². The Morgan fingerprint density at radius 2 is 1.72 bits per heavy atom. The highest BCUT2D eigenvalue weighted by Crippen LogP contribution is 2.13. The molecule has 0 spiro atoms. The van der Waals surface area contributed by atoms with Crippen LogP contribution < -0.4 is 5.32 Å². The lowest BCUT2D eigenvalue weighted by Gasteiger charge is -2.17. The molecule has 0 heterocycles. The van der Waals surface area contributed by atoms with E-state index in [1.54, 1.807) is 6.07 Å². The molecule has 132 valence electrons. The van der Waals surface area contributed by atoms with Crippen LogP contribution in [0.5, 0.6) is 0 Å². The Morgan fingerprint density at radius 3 is 2.36 bits per heavy atom. The molecule has 0 aliphatic carbocycles. The van der Waals surface area contributed by atoms with Crippen molar-refractivity contribution in [1.82, 2.24) is 5.32 Å². The summed E-state index contributed by atoms with van der Waals surface area (Å²) in [4.78, 5) is 23.6. The number of carbonyl (C=O) groups excluding carboxylic acids is 1. The fourth-order valence-corrected chi connectivity index (χ4v) is 2.76. The molecule has 0 radical (unpaired) electrons. The van der Waals surface area contributed by atoms with E-state index in [2.05, 4.69) is 5.32 Å². The van der Waals surface area contributed by atoms with Crippen LogP contribution in [0.25, 0.3) is 0 Å². The van der Waals surface area contributed by atoms with Gasteiger partial charge in [-0.05, 0) is 35.6 Å². The van der Waals surface area contributed by atoms with E-state index < -0.39 is 12.0 Å². The molecule has 2 aromatic rings. The van der Waals surface area contributed by atoms with Crippen LogP contribution in [0.15, 0.2) is 54.6 Å². The summed E-state index contributed by atoms with van der Waals surface area (Å²) >= 11 is 0. The molecule has 25 heavy (non-hydrogen) atoms. The predicted octanol–water partition coefficient (Wildman–Crippen LogP) is 3.21. The lowest BCUT2D eigenvalue weighted by molar-refractivity contribution is -0.141. The number of amides is 1. The second kappa shape index (κ2) is 8.97. The fraction of sp³-hybridized carbons (Fsp3) is 0.300. The first-order valence-corrected chi connectivity index (χ1v) is 8.24. The molecule has 4 nitrogen and oxygen atoms in total. The van der Waals surface area contributed by atoms with Gasteiger partial charge >= 0.3 is 5.97 Å². The number of carboxylic acids is 1. The van der Waals surface area contributed by atoms with Crippen LogP contribution in [0.4, 0.5) is 4.39 Å². The standard InChI is InChI=1S/C20H22FNO3/c1-14(10-16-8-5-9-17(21)12-16)11-19(23)22-18(20(24)25)13-15-6-3-2-4-7-15/h2-9,12,14,18H,10-11,13H2,1H3,(H,22,23)(H,24,25)/t14?,18-/m0/s1. The minimum Gasteiger partial charge on any atom is -0.480 e. The Morgan fingerprint density at radius 1 is 1.04 bits per heavy atom. The molecule has 0 saturated heterocycles. The normalized spacial score (nSPS) is 13.0. The van der Waals surface area contributed by atoms with Gasteiger partial charge in [0.25, 0.3) is 0 Å². The van der Waals surface area contributed by atoms with Crippen LogP contribution in [0.3, 0.4) is 0 Å². The monoisotopic (exact) mass is 343 g/mol. The quantitative estimate of drug-likeness (QED) is 0.773. The number of benzene rings is 2. The average Bonchev–Trinajstić information content (AvgIpc) is 2.54. The number of carbonyl (C=O) groups is 2. The van der Waals surface area contributed by atoms with Crippen LogP contribution in [0, 0.1) is 11.7 Å². The third-order valence-corrected chi connectivity index (χ3v) is 3.92. The van der Waals surface area contributed by atoms with Crippen molar-refractivity contribution in [3.05, 3.63) is 71.5 Å². The number of aliphatic carboxylic acids is 1. The van der Waals surface area contributed by atoms with Crippen LogP contribution in [0.2, 0.25) is 0 Å². The molecule has 0 aromatic heterocycles. The topological polar surface area (TPSA) is 66.4 Å². The molecule has 0 saturated carbocycles. The van der Waals surface area contributed by atoms with Crippen LogP contribution in [0.1, 0.15) is 24.5 Å². The summed E-state index contributed by atoms with van der Waals surface area (Å²) in [6.45, 7) is 1.89. The maximum Gasteiger partial charge on any atom is 0.326 e. The van der Waals surface area contributed by atoms with Crippen LogP contribution in [-0.4, -0.2) is 23.0 Å². The highest BCUT2D eigenvalue weighted by molar-refractivity contribution is 5.83. The molecule has 5 heteroatoms. The third kappa shape index (κ3) is 6.37. The van der Waals surface area contributed by atoms with Crippen molar-refractivity contribution in [2.75, 3.05) is 0 Å². The van der Waals surface area contributed by atoms with Crippen LogP contribution in [-0.2, 0) is 22.4 Å². The van der Waals surface area contributed by atoms with Gasteiger partial charge in [-0.2, -0.15) is 0 Å². The Bertz CT molecular complexity index is 718. The molecule has 0 bridgehead atoms. The number of carboxylic acid groups (broad SMARTS) is 1. The van der Waals surface area contributed by atoms with Gasteiger partial charge in [0.15, 0.2) is 0 Å². The molecule has 1 unspecified atom stereocenters. The zero-order valence-corrected chi connectivity index (χ0v) is 14.1. The summed E-state index contributed by atoms with van der Waals surface area (Å²) in [7, 11) is 0. The Hall–Kier alpha value is -2.69. The highest BCUT2D eigenvalue weighted by atomic mass is 19.1. The van der Waals surface area contributed by atoms with Gasteiger partial charge in [0.1, 0.15) is 11.9 Å². The maximum atomic E-state index is 13.2. The molecule has 2 atom stereocenters. The summed E-state index contributed by atoms with van der Waals surface area (Å²) in [6, 6.07) is 14.5. The first-order valence-electron chi connectivity index (χ1n) is 8.24. The molecule has 2 rings (SSSR count). The summed E-state index contributed by atoms with van der Waals surface area (Å²) in [6.07, 6.45) is 0.983. The lowest BCUT2D eigenvalue weighted by Crippen LogP contribution is -2.42. The SMILES string of the molecule is CC(CC(=O)N[C@@H](Cc1ccccc1)C(=O)O)Cc1cccc(F)c1. The Labute approximate surface area is 146 Å². The van der Waals surface area contributed by atoms with Crippen molar-refractivity contribution >= 4 is 11.9 Å². The lowest BCUT2D eigenvalue weighted by atomic mass is 9.97. The zero-order chi connectivity index (χ0) is 18.2. The van der Waals surface area contributed by atoms with E-state index in [0.717, 1.165) is 11.1 Å². The van der Waals surface area contributed by atoms with Gasteiger partial charge in [-0.25, -0.2) is 9.18 Å². The smallest absolute Gasteiger partial charge is 0.326 e. The third-order valence-electron chi connectivity index (χ3n) is 3.92. The largest absolute Gasteiger partial charge is 0.480 e. The van der Waals surface area contributed by atoms with E-state index in [1.165, 1.54) is 12.1 Å². The Kier molecular flexibility index (Phi) is 6.69. The molecule has 0 fully saturated rings. The number of nitrogens with one attached hydrogen (secondary N) is 1. The number of hydrogen-bond donors (Lipinski definition) is 2. The summed E-state index contributed by atoms with van der Waals surface area (Å²) in [5.74, 6) is -1.70. The first kappa shape index (κ1) is 18.6. The molecular weight excluding hydrogens is 321 g/mol. The number of hydrogen-bond acceptors (Lipinski definition) is 2. The van der Waals surface area contributed by atoms with Gasteiger partial charge in [-0.15, -0.1) is 0 Å². The van der Waals surface area contributed by atoms with Crippen molar-refractivity contribution in [2.45, 2.75) is 32.2 Å². The average molecular weight is 343 g/mol. The van der Waals surface area contributed by atoms with E-state index in [1.807, 2.05) is 43.3 Å². The minimum atomic E-state index is -1.06. The van der Waals surface area contributed by atoms with E-state index in [-0.39, 0.29) is 30.5 Å². The molecule has 0 aliphatic heterocycles. The second-order valence-corrected chi connectivity index (χ2v) is 6.29. The minimum absolute atomic E-state index is 0.0204. The van der Waals surface area contributed by atoms with Gasteiger partial charge in [-0.1, -0.05) is 49.4 Å². The van der Waals surface area contributed by atoms with E-state index >= 15 is 0 Å². The Balaban J connectivity index is 1.89. The maximum absolute atomic E-state index is 13.2. The van der Waals surface area contributed by atoms with Crippen molar-refractivity contribution in [3.63, 3.8) is 0 Å². The zero-order valence-electron chi connectivity index (χ0n) is 14.1. The van der Waals surface area contributed by atoms with E-state index in [9.17, 15) is 19.1 Å². The van der Waals surface area contributed by atoms with Crippen LogP contribution >= 0.6 is 0 Å². The molecule has 0 aliphatic rings. The van der Waals surface area contributed by atoms with Crippen molar-refractivity contribution < 1.29 is 19.1 Å². The van der Waals surface area contributed by atoms with Gasteiger partial charge < -0.3 is 10.4 Å².